The molecule has 1 N–H and O–H groups in total. The molecule has 0 aromatic heterocycles. The summed E-state index contributed by atoms with van der Waals surface area (Å²) in [6.07, 6.45) is 4.06. The SMILES string of the molecule is COC(=O)COC1CCN(C(=O)C(C)N2CCN(C3CCNCC3)CC2)CC1. The molecule has 160 valence electrons. The van der Waals surface area contributed by atoms with Crippen LogP contribution in [0.1, 0.15) is 32.6 Å². The molecule has 8 heteroatoms. The van der Waals surface area contributed by atoms with Crippen molar-refractivity contribution in [3.63, 3.8) is 0 Å². The van der Waals surface area contributed by atoms with Gasteiger partial charge >= 0.3 is 5.97 Å². The van der Waals surface area contributed by atoms with Crippen LogP contribution in [0.25, 0.3) is 0 Å². The van der Waals surface area contributed by atoms with Crippen LogP contribution in [-0.4, -0.2) is 111 Å². The largest absolute Gasteiger partial charge is 0.467 e. The number of amides is 1. The van der Waals surface area contributed by atoms with Gasteiger partial charge in [-0.1, -0.05) is 0 Å². The van der Waals surface area contributed by atoms with Gasteiger partial charge in [-0.3, -0.25) is 14.6 Å². The van der Waals surface area contributed by atoms with Crippen molar-refractivity contribution in [1.29, 1.82) is 0 Å². The van der Waals surface area contributed by atoms with E-state index in [2.05, 4.69) is 19.9 Å². The van der Waals surface area contributed by atoms with Gasteiger partial charge in [-0.15, -0.1) is 0 Å². The van der Waals surface area contributed by atoms with E-state index in [1.54, 1.807) is 0 Å². The topological polar surface area (TPSA) is 74.4 Å². The molecule has 28 heavy (non-hydrogen) atoms. The van der Waals surface area contributed by atoms with Crippen LogP contribution < -0.4 is 5.32 Å². The van der Waals surface area contributed by atoms with Crippen LogP contribution in [0.2, 0.25) is 0 Å². The smallest absolute Gasteiger partial charge is 0.331 e. The first-order valence-electron chi connectivity index (χ1n) is 10.7. The maximum atomic E-state index is 12.9. The molecule has 0 spiro atoms. The van der Waals surface area contributed by atoms with E-state index in [9.17, 15) is 9.59 Å². The molecule has 0 radical (unpaired) electrons. The molecule has 0 aliphatic carbocycles. The van der Waals surface area contributed by atoms with Crippen LogP contribution >= 0.6 is 0 Å². The van der Waals surface area contributed by atoms with Crippen LogP contribution in [0.15, 0.2) is 0 Å². The van der Waals surface area contributed by atoms with Crippen molar-refractivity contribution in [1.82, 2.24) is 20.0 Å². The number of methoxy groups -OCH3 is 1. The highest BCUT2D eigenvalue weighted by Gasteiger charge is 2.32. The number of rotatable bonds is 6. The zero-order valence-electron chi connectivity index (χ0n) is 17.4. The van der Waals surface area contributed by atoms with Crippen molar-refractivity contribution in [2.75, 3.05) is 66.1 Å². The monoisotopic (exact) mass is 396 g/mol. The van der Waals surface area contributed by atoms with Crippen LogP contribution in [0.3, 0.4) is 0 Å². The lowest BCUT2D eigenvalue weighted by Crippen LogP contribution is -2.58. The number of nitrogens with zero attached hydrogens (tertiary/aromatic N) is 3. The van der Waals surface area contributed by atoms with Crippen molar-refractivity contribution >= 4 is 11.9 Å². The number of carbonyl (C=O) groups excluding carboxylic acids is 2. The Morgan fingerprint density at radius 1 is 1.00 bits per heavy atom. The van der Waals surface area contributed by atoms with Crippen molar-refractivity contribution < 1.29 is 19.1 Å². The Balaban J connectivity index is 1.38. The second-order valence-corrected chi connectivity index (χ2v) is 8.14. The summed E-state index contributed by atoms with van der Waals surface area (Å²) in [6, 6.07) is 0.640. The summed E-state index contributed by atoms with van der Waals surface area (Å²) < 4.78 is 10.2. The van der Waals surface area contributed by atoms with Crippen LogP contribution in [0.4, 0.5) is 0 Å². The average Bonchev–Trinajstić information content (AvgIpc) is 2.77. The van der Waals surface area contributed by atoms with E-state index in [0.29, 0.717) is 19.1 Å². The number of piperidine rings is 2. The predicted octanol–water partition coefficient (Wildman–Crippen LogP) is -0.0749. The predicted molar refractivity (Wildman–Crippen MR) is 106 cm³/mol. The molecule has 1 unspecified atom stereocenters. The fraction of sp³-hybridized carbons (Fsp3) is 0.900. The molecule has 3 heterocycles. The molecule has 1 amide bonds. The molecular formula is C20H36N4O4. The summed E-state index contributed by atoms with van der Waals surface area (Å²) in [5.41, 5.74) is 0. The van der Waals surface area contributed by atoms with E-state index in [1.807, 2.05) is 11.8 Å². The molecule has 1 atom stereocenters. The van der Waals surface area contributed by atoms with Gasteiger partial charge in [0.25, 0.3) is 0 Å². The number of likely N-dealkylation sites (tertiary alicyclic amines) is 1. The van der Waals surface area contributed by atoms with E-state index in [-0.39, 0.29) is 30.6 Å². The van der Waals surface area contributed by atoms with Crippen molar-refractivity contribution in [2.24, 2.45) is 0 Å². The highest BCUT2D eigenvalue weighted by Crippen LogP contribution is 2.19. The van der Waals surface area contributed by atoms with Gasteiger partial charge in [0.1, 0.15) is 6.61 Å². The van der Waals surface area contributed by atoms with E-state index in [1.165, 1.54) is 20.0 Å². The number of esters is 1. The zero-order valence-corrected chi connectivity index (χ0v) is 17.4. The highest BCUT2D eigenvalue weighted by molar-refractivity contribution is 5.81. The van der Waals surface area contributed by atoms with Crippen LogP contribution in [0, 0.1) is 0 Å². The van der Waals surface area contributed by atoms with Gasteiger partial charge in [0.15, 0.2) is 0 Å². The minimum atomic E-state index is -0.351. The minimum Gasteiger partial charge on any atom is -0.467 e. The summed E-state index contributed by atoms with van der Waals surface area (Å²) in [5.74, 6) is -0.127. The number of nitrogens with one attached hydrogen (secondary N) is 1. The van der Waals surface area contributed by atoms with Crippen molar-refractivity contribution in [3.05, 3.63) is 0 Å². The Kier molecular flexibility index (Phi) is 8.08. The first kappa shape index (κ1) is 21.5. The molecule has 3 fully saturated rings. The molecule has 8 nitrogen and oxygen atoms in total. The van der Waals surface area contributed by atoms with E-state index in [0.717, 1.165) is 52.1 Å². The van der Waals surface area contributed by atoms with Crippen LogP contribution in [0.5, 0.6) is 0 Å². The van der Waals surface area contributed by atoms with E-state index >= 15 is 0 Å². The fourth-order valence-electron chi connectivity index (χ4n) is 4.57. The molecule has 0 saturated carbocycles. The van der Waals surface area contributed by atoms with Gasteiger partial charge in [0.2, 0.25) is 5.91 Å². The van der Waals surface area contributed by atoms with Gasteiger partial charge in [0, 0.05) is 45.3 Å². The molecule has 3 saturated heterocycles. The lowest BCUT2D eigenvalue weighted by Gasteiger charge is -2.43. The third kappa shape index (κ3) is 5.65. The summed E-state index contributed by atoms with van der Waals surface area (Å²) >= 11 is 0. The minimum absolute atomic E-state index is 0.00709. The summed E-state index contributed by atoms with van der Waals surface area (Å²) in [4.78, 5) is 31.0. The average molecular weight is 397 g/mol. The third-order valence-electron chi connectivity index (χ3n) is 6.50. The van der Waals surface area contributed by atoms with Gasteiger partial charge < -0.3 is 19.7 Å². The Labute approximate surface area is 168 Å². The number of hydrogen-bond acceptors (Lipinski definition) is 7. The Morgan fingerprint density at radius 3 is 2.25 bits per heavy atom. The first-order chi connectivity index (χ1) is 13.6. The van der Waals surface area contributed by atoms with Crippen molar-refractivity contribution in [3.8, 4) is 0 Å². The molecule has 0 aromatic carbocycles. The van der Waals surface area contributed by atoms with Crippen molar-refractivity contribution in [2.45, 2.75) is 50.8 Å². The standard InChI is InChI=1S/C20H36N4O4/c1-16(22-11-13-23(14-12-22)17-3-7-21-8-4-17)20(26)24-9-5-18(6-10-24)28-15-19(25)27-2/h16-18,21H,3-15H2,1-2H3. The lowest BCUT2D eigenvalue weighted by molar-refractivity contribution is -0.150. The number of hydrogen-bond donors (Lipinski definition) is 1. The normalized spacial score (nSPS) is 24.9. The number of carbonyl (C=O) groups is 2. The Morgan fingerprint density at radius 2 is 1.64 bits per heavy atom. The van der Waals surface area contributed by atoms with Gasteiger partial charge in [-0.05, 0) is 45.7 Å². The molecular weight excluding hydrogens is 360 g/mol. The van der Waals surface area contributed by atoms with Gasteiger partial charge in [-0.2, -0.15) is 0 Å². The maximum Gasteiger partial charge on any atom is 0.331 e. The third-order valence-corrected chi connectivity index (χ3v) is 6.50. The first-order valence-corrected chi connectivity index (χ1v) is 10.7. The summed E-state index contributed by atoms with van der Waals surface area (Å²) in [5, 5.41) is 3.43. The second kappa shape index (κ2) is 10.5. The number of piperazine rings is 1. The maximum absolute atomic E-state index is 12.9. The molecule has 3 aliphatic heterocycles. The zero-order chi connectivity index (χ0) is 19.9. The summed E-state index contributed by atoms with van der Waals surface area (Å²) in [7, 11) is 1.36. The second-order valence-electron chi connectivity index (χ2n) is 8.14. The molecule has 3 aliphatic rings. The Bertz CT molecular complexity index is 510. The molecule has 0 bridgehead atoms. The fourth-order valence-corrected chi connectivity index (χ4v) is 4.57. The van der Waals surface area contributed by atoms with Gasteiger partial charge in [0.05, 0.1) is 19.3 Å². The lowest BCUT2D eigenvalue weighted by atomic mass is 10.0. The molecule has 0 aromatic rings. The highest BCUT2D eigenvalue weighted by atomic mass is 16.6. The van der Waals surface area contributed by atoms with Crippen LogP contribution in [-0.2, 0) is 19.1 Å². The quantitative estimate of drug-likeness (QED) is 0.630. The Hall–Kier alpha value is -1.22. The summed E-state index contributed by atoms with van der Waals surface area (Å²) in [6.45, 7) is 9.74. The van der Waals surface area contributed by atoms with Gasteiger partial charge in [-0.25, -0.2) is 4.79 Å². The number of ether oxygens (including phenoxy) is 2. The van der Waals surface area contributed by atoms with E-state index < -0.39 is 0 Å². The van der Waals surface area contributed by atoms with E-state index in [4.69, 9.17) is 4.74 Å². The molecule has 3 rings (SSSR count).